The summed E-state index contributed by atoms with van der Waals surface area (Å²) in [6.45, 7) is 2.51. The highest BCUT2D eigenvalue weighted by Crippen LogP contribution is 2.42. The van der Waals surface area contributed by atoms with Crippen molar-refractivity contribution in [3.8, 4) is 5.75 Å². The minimum Gasteiger partial charge on any atom is -0.507 e. The zero-order valence-electron chi connectivity index (χ0n) is 17.9. The Balaban J connectivity index is 1.69. The number of carbonyl (C=O) groups excluding carboxylic acids is 2. The Morgan fingerprint density at radius 3 is 2.76 bits per heavy atom. The number of aromatic nitrogens is 1. The highest BCUT2D eigenvalue weighted by Gasteiger charge is 2.47. The van der Waals surface area contributed by atoms with Crippen molar-refractivity contribution in [3.05, 3.63) is 93.8 Å². The van der Waals surface area contributed by atoms with Crippen molar-refractivity contribution in [1.82, 2.24) is 4.98 Å². The Hall–Kier alpha value is -3.64. The third kappa shape index (κ3) is 3.66. The number of ketones is 1. The predicted octanol–water partition coefficient (Wildman–Crippen LogP) is 4.99. The van der Waals surface area contributed by atoms with Gasteiger partial charge in [-0.15, -0.1) is 0 Å². The van der Waals surface area contributed by atoms with Gasteiger partial charge >= 0.3 is 0 Å². The summed E-state index contributed by atoms with van der Waals surface area (Å²) in [4.78, 5) is 32.2. The Morgan fingerprint density at radius 2 is 2.00 bits per heavy atom. The highest BCUT2D eigenvalue weighted by molar-refractivity contribution is 6.51. The lowest BCUT2D eigenvalue weighted by molar-refractivity contribution is -0.132. The molecule has 3 aromatic rings. The summed E-state index contributed by atoms with van der Waals surface area (Å²) in [6.07, 6.45) is 3.29. The zero-order chi connectivity index (χ0) is 23.1. The van der Waals surface area contributed by atoms with Gasteiger partial charge in [-0.1, -0.05) is 23.7 Å². The number of benzene rings is 2. The summed E-state index contributed by atoms with van der Waals surface area (Å²) in [5.74, 6) is -0.978. The van der Waals surface area contributed by atoms with Gasteiger partial charge in [0.05, 0.1) is 17.9 Å². The number of rotatable bonds is 3. The number of hydrogen-bond donors (Lipinski definition) is 1. The van der Waals surface area contributed by atoms with Crippen LogP contribution in [0.3, 0.4) is 0 Å². The quantitative estimate of drug-likeness (QED) is 0.338. The predicted molar refractivity (Wildman–Crippen MR) is 125 cm³/mol. The minimum absolute atomic E-state index is 0.00734. The van der Waals surface area contributed by atoms with E-state index in [9.17, 15) is 14.7 Å². The summed E-state index contributed by atoms with van der Waals surface area (Å²) in [5, 5.41) is 11.8. The van der Waals surface area contributed by atoms with Gasteiger partial charge in [0.15, 0.2) is 0 Å². The number of carbonyl (C=O) groups is 2. The molecule has 1 atom stereocenters. The van der Waals surface area contributed by atoms with E-state index in [0.717, 1.165) is 29.7 Å². The molecule has 1 amide bonds. The maximum atomic E-state index is 13.2. The van der Waals surface area contributed by atoms with E-state index >= 15 is 0 Å². The normalized spacial score (nSPS) is 19.3. The van der Waals surface area contributed by atoms with Crippen LogP contribution in [0.2, 0.25) is 5.02 Å². The smallest absolute Gasteiger partial charge is 0.300 e. The van der Waals surface area contributed by atoms with Crippen molar-refractivity contribution in [1.29, 1.82) is 0 Å². The molecule has 2 aromatic carbocycles. The number of nitrogens with zero attached hydrogens (tertiary/aromatic N) is 2. The zero-order valence-corrected chi connectivity index (χ0v) is 18.7. The van der Waals surface area contributed by atoms with Crippen LogP contribution in [0.4, 0.5) is 5.69 Å². The molecule has 2 aliphatic rings. The minimum atomic E-state index is -0.891. The molecule has 0 bridgehead atoms. The van der Waals surface area contributed by atoms with Crippen LogP contribution >= 0.6 is 11.6 Å². The molecule has 6 nitrogen and oxygen atoms in total. The number of amides is 1. The van der Waals surface area contributed by atoms with E-state index in [1.54, 1.807) is 54.7 Å². The van der Waals surface area contributed by atoms with E-state index < -0.39 is 17.7 Å². The van der Waals surface area contributed by atoms with E-state index in [1.165, 1.54) is 4.90 Å². The standard InChI is InChI=1S/C26H21ClN2O4/c1-15-7-9-18(14-19(15)27)29-23(20-6-2-3-11-28-20)22(25(31)26(29)32)24(30)17-8-10-21-16(13-17)5-4-12-33-21/h2-3,6-11,13-14,23,30H,4-5,12H2,1H3/b24-22-. The Morgan fingerprint density at radius 1 is 1.15 bits per heavy atom. The second-order valence-corrected chi connectivity index (χ2v) is 8.54. The maximum Gasteiger partial charge on any atom is 0.300 e. The molecule has 0 saturated carbocycles. The average molecular weight is 461 g/mol. The van der Waals surface area contributed by atoms with Crippen molar-refractivity contribution in [3.63, 3.8) is 0 Å². The van der Waals surface area contributed by atoms with Crippen molar-refractivity contribution < 1.29 is 19.4 Å². The number of ether oxygens (including phenoxy) is 1. The summed E-state index contributed by atoms with van der Waals surface area (Å²) in [5.41, 5.74) is 3.19. The largest absolute Gasteiger partial charge is 0.507 e. The van der Waals surface area contributed by atoms with Crippen LogP contribution in [0, 0.1) is 6.92 Å². The molecule has 3 heterocycles. The fourth-order valence-electron chi connectivity index (χ4n) is 4.31. The number of anilines is 1. The fraction of sp³-hybridized carbons (Fsp3) is 0.192. The van der Waals surface area contributed by atoms with Crippen LogP contribution in [0.15, 0.2) is 66.4 Å². The molecule has 1 unspecified atom stereocenters. The number of fused-ring (bicyclic) bond motifs is 1. The van der Waals surface area contributed by atoms with E-state index in [-0.39, 0.29) is 11.3 Å². The van der Waals surface area contributed by atoms with E-state index in [2.05, 4.69) is 4.98 Å². The molecular weight excluding hydrogens is 440 g/mol. The van der Waals surface area contributed by atoms with Crippen LogP contribution in [0.1, 0.15) is 34.8 Å². The van der Waals surface area contributed by atoms with Crippen LogP contribution in [-0.2, 0) is 16.0 Å². The second kappa shape index (κ2) is 8.37. The summed E-state index contributed by atoms with van der Waals surface area (Å²) in [7, 11) is 0. The van der Waals surface area contributed by atoms with Crippen LogP contribution < -0.4 is 9.64 Å². The monoisotopic (exact) mass is 460 g/mol. The second-order valence-electron chi connectivity index (χ2n) is 8.13. The van der Waals surface area contributed by atoms with Gasteiger partial charge in [-0.2, -0.15) is 0 Å². The summed E-state index contributed by atoms with van der Waals surface area (Å²) in [6, 6.07) is 14.8. The fourth-order valence-corrected chi connectivity index (χ4v) is 4.49. The van der Waals surface area contributed by atoms with Crippen molar-refractivity contribution in [2.24, 2.45) is 0 Å². The third-order valence-corrected chi connectivity index (χ3v) is 6.44. The molecule has 5 rings (SSSR count). The Kier molecular flexibility index (Phi) is 5.38. The Labute approximate surface area is 196 Å². The summed E-state index contributed by atoms with van der Waals surface area (Å²) < 4.78 is 5.66. The molecule has 1 aromatic heterocycles. The first-order valence-electron chi connectivity index (χ1n) is 10.7. The van der Waals surface area contributed by atoms with E-state index in [1.807, 2.05) is 13.0 Å². The first-order valence-corrected chi connectivity index (χ1v) is 11.1. The lowest BCUT2D eigenvalue weighted by atomic mass is 9.96. The SMILES string of the molecule is Cc1ccc(N2C(=O)C(=O)/C(=C(\O)c3ccc4c(c3)CCCO4)C2c2ccccn2)cc1Cl. The van der Waals surface area contributed by atoms with Crippen molar-refractivity contribution >= 4 is 34.7 Å². The van der Waals surface area contributed by atoms with Gasteiger partial charge in [-0.3, -0.25) is 19.5 Å². The van der Waals surface area contributed by atoms with Crippen molar-refractivity contribution in [2.45, 2.75) is 25.8 Å². The van der Waals surface area contributed by atoms with Crippen LogP contribution in [-0.4, -0.2) is 28.4 Å². The molecule has 166 valence electrons. The number of Topliss-reactive ketones (excluding diaryl/α,β-unsaturated/α-hetero) is 1. The number of aryl methyl sites for hydroxylation is 2. The molecule has 0 spiro atoms. The lowest BCUT2D eigenvalue weighted by Gasteiger charge is -2.25. The van der Waals surface area contributed by atoms with Gasteiger partial charge in [0.1, 0.15) is 17.6 Å². The van der Waals surface area contributed by atoms with E-state index in [0.29, 0.717) is 28.6 Å². The molecular formula is C26H21ClN2O4. The first-order chi connectivity index (χ1) is 16.0. The molecule has 0 aliphatic carbocycles. The molecule has 0 radical (unpaired) electrons. The molecule has 2 aliphatic heterocycles. The third-order valence-electron chi connectivity index (χ3n) is 6.03. The van der Waals surface area contributed by atoms with Crippen LogP contribution in [0.5, 0.6) is 5.75 Å². The lowest BCUT2D eigenvalue weighted by Crippen LogP contribution is -2.29. The Bertz CT molecular complexity index is 1300. The molecule has 1 fully saturated rings. The number of hydrogen-bond acceptors (Lipinski definition) is 5. The maximum absolute atomic E-state index is 13.2. The van der Waals surface area contributed by atoms with Gasteiger partial charge in [0.25, 0.3) is 11.7 Å². The van der Waals surface area contributed by atoms with Gasteiger partial charge < -0.3 is 9.84 Å². The molecule has 7 heteroatoms. The van der Waals surface area contributed by atoms with Crippen LogP contribution in [0.25, 0.3) is 5.76 Å². The number of halogens is 1. The van der Waals surface area contributed by atoms with Crippen molar-refractivity contribution in [2.75, 3.05) is 11.5 Å². The molecule has 1 N–H and O–H groups in total. The number of pyridine rings is 1. The molecule has 1 saturated heterocycles. The van der Waals surface area contributed by atoms with Gasteiger partial charge in [-0.25, -0.2) is 0 Å². The van der Waals surface area contributed by atoms with E-state index in [4.69, 9.17) is 16.3 Å². The number of aliphatic hydroxyl groups is 1. The molecule has 33 heavy (non-hydrogen) atoms. The average Bonchev–Trinajstić information content (AvgIpc) is 3.11. The topological polar surface area (TPSA) is 79.7 Å². The number of aliphatic hydroxyl groups excluding tert-OH is 1. The summed E-state index contributed by atoms with van der Waals surface area (Å²) >= 11 is 6.32. The van der Waals surface area contributed by atoms with Gasteiger partial charge in [0, 0.05) is 22.5 Å². The first kappa shape index (κ1) is 21.2. The van der Waals surface area contributed by atoms with Gasteiger partial charge in [-0.05, 0) is 73.4 Å². The van der Waals surface area contributed by atoms with Gasteiger partial charge in [0.2, 0.25) is 0 Å². The highest BCUT2D eigenvalue weighted by atomic mass is 35.5.